The Bertz CT molecular complexity index is 1440. The highest BCUT2D eigenvalue weighted by atomic mass is 16.5. The summed E-state index contributed by atoms with van der Waals surface area (Å²) in [4.78, 5) is 13.8. The molecule has 0 N–H and O–H groups in total. The number of fused-ring (bicyclic) bond motifs is 6. The minimum Gasteiger partial charge on any atom is -0.478 e. The van der Waals surface area contributed by atoms with Crippen LogP contribution in [0.4, 0.5) is 0 Å². The van der Waals surface area contributed by atoms with E-state index in [9.17, 15) is 0 Å². The van der Waals surface area contributed by atoms with Gasteiger partial charge in [-0.25, -0.2) is 0 Å². The number of pyridine rings is 3. The molecule has 0 fully saturated rings. The van der Waals surface area contributed by atoms with Crippen molar-refractivity contribution in [2.45, 2.75) is 308 Å². The van der Waals surface area contributed by atoms with Crippen molar-refractivity contribution in [1.82, 2.24) is 15.0 Å². The van der Waals surface area contributed by atoms with E-state index in [1.54, 1.807) is 0 Å². The second-order valence-corrected chi connectivity index (χ2v) is 23.0. The van der Waals surface area contributed by atoms with Crippen LogP contribution < -0.4 is 28.4 Å². The molecule has 4 rings (SSSR count). The highest BCUT2D eigenvalue weighted by Gasteiger charge is 2.06. The Kier molecular flexibility index (Phi) is 44.0. The van der Waals surface area contributed by atoms with E-state index in [1.807, 2.05) is 54.6 Å². The summed E-state index contributed by atoms with van der Waals surface area (Å²) in [6.45, 7) is 4.40. The summed E-state index contributed by atoms with van der Waals surface area (Å²) in [5.74, 6) is 4.13. The van der Waals surface area contributed by atoms with Crippen molar-refractivity contribution in [3.8, 4) is 35.3 Å². The normalized spacial score (nSPS) is 20.5. The van der Waals surface area contributed by atoms with Crippen molar-refractivity contribution in [2.75, 3.05) is 39.6 Å². The van der Waals surface area contributed by atoms with E-state index in [0.29, 0.717) is 35.3 Å². The Morgan fingerprint density at radius 1 is 0.154 bits per heavy atom. The summed E-state index contributed by atoms with van der Waals surface area (Å²) >= 11 is 0. The van der Waals surface area contributed by atoms with Crippen LogP contribution in [0.2, 0.25) is 0 Å². The van der Waals surface area contributed by atoms with Crippen LogP contribution in [-0.2, 0) is 0 Å². The second-order valence-electron chi connectivity index (χ2n) is 23.0. The zero-order chi connectivity index (χ0) is 54.4. The molecule has 0 aliphatic carbocycles. The van der Waals surface area contributed by atoms with Crippen LogP contribution in [0.1, 0.15) is 308 Å². The van der Waals surface area contributed by atoms with Crippen LogP contribution in [0.25, 0.3) is 0 Å². The van der Waals surface area contributed by atoms with Crippen molar-refractivity contribution < 1.29 is 28.4 Å². The first-order chi connectivity index (χ1) is 38.8. The number of aromatic nitrogens is 3. The molecule has 0 saturated heterocycles. The van der Waals surface area contributed by atoms with Crippen molar-refractivity contribution in [1.29, 1.82) is 0 Å². The van der Waals surface area contributed by atoms with Crippen LogP contribution in [0, 0.1) is 0 Å². The lowest BCUT2D eigenvalue weighted by atomic mass is 10.0. The number of hydrogen-bond acceptors (Lipinski definition) is 9. The van der Waals surface area contributed by atoms with E-state index in [0.717, 1.165) is 78.2 Å². The SMILES string of the molecule is c1cc2nc(c1)OCCCCCCCCCCCCCCCCCCOc1cccc(n1)OCCCCCCCCCCCCCCCCCCOc1cccc(n1)OCCCCCCCCCCCCCCCCCCO2. The van der Waals surface area contributed by atoms with E-state index in [2.05, 4.69) is 15.0 Å². The molecule has 1 aliphatic heterocycles. The molecule has 3 aromatic rings. The first kappa shape index (κ1) is 66.8. The molecule has 9 heteroatoms. The van der Waals surface area contributed by atoms with E-state index in [-0.39, 0.29) is 0 Å². The fraction of sp³-hybridized carbons (Fsp3) is 0.783. The van der Waals surface area contributed by atoms with Crippen LogP contribution in [0.5, 0.6) is 35.3 Å². The summed E-state index contributed by atoms with van der Waals surface area (Å²) in [5, 5.41) is 0. The fourth-order valence-electron chi connectivity index (χ4n) is 10.8. The zero-order valence-electron chi connectivity index (χ0n) is 50.2. The first-order valence-corrected chi connectivity index (χ1v) is 33.5. The molecule has 444 valence electrons. The lowest BCUT2D eigenvalue weighted by Crippen LogP contribution is -2.02. The third kappa shape index (κ3) is 40.4. The van der Waals surface area contributed by atoms with Crippen LogP contribution in [0.15, 0.2) is 54.6 Å². The minimum atomic E-state index is 0.689. The monoisotopic (exact) mass is 1080 g/mol. The van der Waals surface area contributed by atoms with Gasteiger partial charge in [0.1, 0.15) is 0 Å². The van der Waals surface area contributed by atoms with Gasteiger partial charge in [-0.3, -0.25) is 0 Å². The molecule has 6 bridgehead atoms. The van der Waals surface area contributed by atoms with Crippen molar-refractivity contribution in [3.05, 3.63) is 54.6 Å². The highest BCUT2D eigenvalue weighted by molar-refractivity contribution is 5.21. The largest absolute Gasteiger partial charge is 0.478 e. The Morgan fingerprint density at radius 3 is 0.372 bits per heavy atom. The van der Waals surface area contributed by atoms with E-state index >= 15 is 0 Å². The minimum absolute atomic E-state index is 0.689. The Hall–Kier alpha value is -3.75. The molecule has 78 heavy (non-hydrogen) atoms. The van der Waals surface area contributed by atoms with Gasteiger partial charge in [0.2, 0.25) is 35.3 Å². The average Bonchev–Trinajstić information content (AvgIpc) is 3.46. The maximum absolute atomic E-state index is 5.98. The molecule has 4 heterocycles. The standard InChI is InChI=1S/C69H117N3O6/c1-2-8-14-20-26-32-38-44-59-74-65-53-50-55-67(71-65)76-61-46-40-34-28-22-16-10-5-6-12-18-24-30-36-42-48-63-78-69-57-51-56-68(72-69)77-62-47-41-35-29-23-17-11-4-3-9-15-21-27-33-39-45-60-75-66-54-49-52-64(70-66)73-58-43-37-31-25-19-13-7-1/h49-57H,1-48,58-63H2. The molecule has 0 radical (unpaired) electrons. The van der Waals surface area contributed by atoms with Gasteiger partial charge in [0.25, 0.3) is 0 Å². The fourth-order valence-corrected chi connectivity index (χ4v) is 10.8. The van der Waals surface area contributed by atoms with Gasteiger partial charge in [-0.15, -0.1) is 0 Å². The van der Waals surface area contributed by atoms with Gasteiger partial charge < -0.3 is 28.4 Å². The van der Waals surface area contributed by atoms with Crippen molar-refractivity contribution >= 4 is 0 Å². The smallest absolute Gasteiger partial charge is 0.216 e. The lowest BCUT2D eigenvalue weighted by Gasteiger charge is -2.09. The van der Waals surface area contributed by atoms with Gasteiger partial charge in [-0.2, -0.15) is 15.0 Å². The molecule has 0 unspecified atom stereocenters. The first-order valence-electron chi connectivity index (χ1n) is 33.5. The van der Waals surface area contributed by atoms with Crippen LogP contribution in [0.3, 0.4) is 0 Å². The predicted molar refractivity (Wildman–Crippen MR) is 327 cm³/mol. The third-order valence-electron chi connectivity index (χ3n) is 15.7. The Balaban J connectivity index is 0.998. The average molecular weight is 1080 g/mol. The summed E-state index contributed by atoms with van der Waals surface area (Å²) in [7, 11) is 0. The van der Waals surface area contributed by atoms with Gasteiger partial charge in [0.15, 0.2) is 0 Å². The summed E-state index contributed by atoms with van der Waals surface area (Å²) in [6, 6.07) is 17.7. The molecular formula is C69H117N3O6. The second kappa shape index (κ2) is 51.4. The quantitative estimate of drug-likeness (QED) is 0.218. The molecule has 0 atom stereocenters. The summed E-state index contributed by atoms with van der Waals surface area (Å²) < 4.78 is 35.9. The summed E-state index contributed by atoms with van der Waals surface area (Å²) in [5.41, 5.74) is 0. The van der Waals surface area contributed by atoms with Gasteiger partial charge in [-0.1, -0.05) is 288 Å². The number of rotatable bonds is 0. The Labute approximate surface area is 479 Å². The van der Waals surface area contributed by atoms with Gasteiger partial charge >= 0.3 is 0 Å². The van der Waals surface area contributed by atoms with Gasteiger partial charge in [-0.05, 0) is 38.5 Å². The highest BCUT2D eigenvalue weighted by Crippen LogP contribution is 2.21. The maximum atomic E-state index is 5.98. The Morgan fingerprint density at radius 2 is 0.256 bits per heavy atom. The molecule has 0 saturated carbocycles. The maximum Gasteiger partial charge on any atom is 0.216 e. The van der Waals surface area contributed by atoms with Crippen LogP contribution in [-0.4, -0.2) is 54.6 Å². The lowest BCUT2D eigenvalue weighted by molar-refractivity contribution is 0.269. The zero-order valence-corrected chi connectivity index (χ0v) is 50.2. The molecule has 3 aromatic heterocycles. The van der Waals surface area contributed by atoms with E-state index < -0.39 is 0 Å². The van der Waals surface area contributed by atoms with Crippen molar-refractivity contribution in [2.24, 2.45) is 0 Å². The summed E-state index contributed by atoms with van der Waals surface area (Å²) in [6.07, 6.45) is 63.1. The van der Waals surface area contributed by atoms with E-state index in [4.69, 9.17) is 28.4 Å². The molecular weight excluding hydrogens is 967 g/mol. The topological polar surface area (TPSA) is 94.1 Å². The number of nitrogens with zero attached hydrogens (tertiary/aromatic N) is 3. The molecule has 9 nitrogen and oxygen atoms in total. The third-order valence-corrected chi connectivity index (χ3v) is 15.7. The molecule has 0 spiro atoms. The predicted octanol–water partition coefficient (Wildman–Crippen LogP) is 21.3. The van der Waals surface area contributed by atoms with Crippen molar-refractivity contribution in [3.63, 3.8) is 0 Å². The molecule has 0 amide bonds. The van der Waals surface area contributed by atoms with E-state index in [1.165, 1.54) is 270 Å². The van der Waals surface area contributed by atoms with Gasteiger partial charge in [0.05, 0.1) is 39.6 Å². The molecule has 0 aromatic carbocycles. The molecule has 1 aliphatic rings. The van der Waals surface area contributed by atoms with Gasteiger partial charge in [0, 0.05) is 36.4 Å². The number of ether oxygens (including phenoxy) is 6. The number of hydrogen-bond donors (Lipinski definition) is 0. The van der Waals surface area contributed by atoms with Crippen LogP contribution >= 0.6 is 0 Å².